The molecular formula is C7H12O3. The van der Waals surface area contributed by atoms with Crippen LogP contribution in [0.5, 0.6) is 0 Å². The van der Waals surface area contributed by atoms with Gasteiger partial charge in [-0.05, 0) is 6.42 Å². The normalized spacial score (nSPS) is 30.4. The molecule has 58 valence electrons. The van der Waals surface area contributed by atoms with Crippen molar-refractivity contribution in [2.45, 2.75) is 26.4 Å². The largest absolute Gasteiger partial charge is 0.479 e. The van der Waals surface area contributed by atoms with Gasteiger partial charge in [0.1, 0.15) is 0 Å². The summed E-state index contributed by atoms with van der Waals surface area (Å²) in [5.41, 5.74) is -0.189. The van der Waals surface area contributed by atoms with Crippen molar-refractivity contribution in [1.29, 1.82) is 0 Å². The molecule has 10 heavy (non-hydrogen) atoms. The number of rotatable bonds is 1. The predicted molar refractivity (Wildman–Crippen MR) is 35.8 cm³/mol. The summed E-state index contributed by atoms with van der Waals surface area (Å²) in [6.07, 6.45) is 0.233. The molecule has 3 heteroatoms. The smallest absolute Gasteiger partial charge is 0.333 e. The van der Waals surface area contributed by atoms with Gasteiger partial charge in [-0.3, -0.25) is 0 Å². The van der Waals surface area contributed by atoms with Crippen LogP contribution in [0.15, 0.2) is 0 Å². The Morgan fingerprint density at radius 3 is 2.50 bits per heavy atom. The van der Waals surface area contributed by atoms with Gasteiger partial charge in [0.05, 0.1) is 0 Å². The molecule has 0 amide bonds. The van der Waals surface area contributed by atoms with Gasteiger partial charge in [-0.25, -0.2) is 4.79 Å². The quantitative estimate of drug-likeness (QED) is 0.594. The number of hydrogen-bond acceptors (Lipinski definition) is 2. The van der Waals surface area contributed by atoms with Crippen LogP contribution in [-0.4, -0.2) is 23.8 Å². The minimum atomic E-state index is -0.845. The fourth-order valence-corrected chi connectivity index (χ4v) is 1.20. The topological polar surface area (TPSA) is 46.5 Å². The van der Waals surface area contributed by atoms with Gasteiger partial charge < -0.3 is 9.84 Å². The second-order valence-corrected chi connectivity index (χ2v) is 3.33. The lowest BCUT2D eigenvalue weighted by Gasteiger charge is -2.20. The molecule has 1 heterocycles. The molecule has 1 atom stereocenters. The van der Waals surface area contributed by atoms with Crippen LogP contribution in [0.2, 0.25) is 0 Å². The van der Waals surface area contributed by atoms with E-state index in [2.05, 4.69) is 0 Å². The van der Waals surface area contributed by atoms with Gasteiger partial charge in [-0.2, -0.15) is 0 Å². The lowest BCUT2D eigenvalue weighted by atomic mass is 9.86. The Morgan fingerprint density at radius 1 is 1.70 bits per heavy atom. The molecule has 0 spiro atoms. The lowest BCUT2D eigenvalue weighted by molar-refractivity contribution is -0.151. The second kappa shape index (κ2) is 2.23. The molecule has 1 saturated heterocycles. The molecule has 0 bridgehead atoms. The Balaban J connectivity index is 2.68. The minimum absolute atomic E-state index is 0.189. The van der Waals surface area contributed by atoms with Crippen molar-refractivity contribution in [3.05, 3.63) is 0 Å². The van der Waals surface area contributed by atoms with Crippen LogP contribution >= 0.6 is 0 Å². The molecule has 1 N–H and O–H groups in total. The van der Waals surface area contributed by atoms with E-state index in [1.54, 1.807) is 0 Å². The number of hydrogen-bond donors (Lipinski definition) is 1. The number of carboxylic acids is 1. The third kappa shape index (κ3) is 1.14. The molecule has 0 radical (unpaired) electrons. The summed E-state index contributed by atoms with van der Waals surface area (Å²) in [5, 5.41) is 8.62. The fourth-order valence-electron chi connectivity index (χ4n) is 1.20. The van der Waals surface area contributed by atoms with Gasteiger partial charge in [-0.15, -0.1) is 0 Å². The maximum absolute atomic E-state index is 10.5. The van der Waals surface area contributed by atoms with E-state index in [4.69, 9.17) is 9.84 Å². The van der Waals surface area contributed by atoms with Gasteiger partial charge in [0, 0.05) is 12.0 Å². The first-order valence-electron chi connectivity index (χ1n) is 3.38. The minimum Gasteiger partial charge on any atom is -0.479 e. The molecule has 1 aliphatic rings. The summed E-state index contributed by atoms with van der Waals surface area (Å²) < 4.78 is 5.03. The van der Waals surface area contributed by atoms with Gasteiger partial charge >= 0.3 is 5.97 Å². The SMILES string of the molecule is CC1(C)CCO[C@@H]1C(=O)O. The standard InChI is InChI=1S/C7H12O3/c1-7(2)3-4-10-5(7)6(8)9/h5H,3-4H2,1-2H3,(H,8,9)/t5-/m1/s1. The number of aliphatic carboxylic acids is 1. The highest BCUT2D eigenvalue weighted by atomic mass is 16.5. The first kappa shape index (κ1) is 7.54. The molecule has 3 nitrogen and oxygen atoms in total. The highest BCUT2D eigenvalue weighted by molar-refractivity contribution is 5.73. The van der Waals surface area contributed by atoms with E-state index in [1.807, 2.05) is 13.8 Å². The second-order valence-electron chi connectivity index (χ2n) is 3.33. The Kier molecular flexibility index (Phi) is 1.68. The molecule has 0 aromatic heterocycles. The highest BCUT2D eigenvalue weighted by Crippen LogP contribution is 2.33. The maximum atomic E-state index is 10.5. The Morgan fingerprint density at radius 2 is 2.30 bits per heavy atom. The van der Waals surface area contributed by atoms with Crippen LogP contribution in [0.25, 0.3) is 0 Å². The van der Waals surface area contributed by atoms with Crippen molar-refractivity contribution in [1.82, 2.24) is 0 Å². The molecule has 1 rings (SSSR count). The van der Waals surface area contributed by atoms with Gasteiger partial charge in [0.25, 0.3) is 0 Å². The maximum Gasteiger partial charge on any atom is 0.333 e. The predicted octanol–water partition coefficient (Wildman–Crippen LogP) is 0.886. The Hall–Kier alpha value is -0.570. The summed E-state index contributed by atoms with van der Waals surface area (Å²) >= 11 is 0. The molecule has 1 aliphatic heterocycles. The van der Waals surface area contributed by atoms with Gasteiger partial charge in [0.2, 0.25) is 0 Å². The van der Waals surface area contributed by atoms with Crippen LogP contribution in [0.4, 0.5) is 0 Å². The summed E-state index contributed by atoms with van der Waals surface area (Å²) in [5.74, 6) is -0.845. The third-order valence-corrected chi connectivity index (χ3v) is 1.96. The number of carboxylic acid groups (broad SMARTS) is 1. The van der Waals surface area contributed by atoms with E-state index in [9.17, 15) is 4.79 Å². The van der Waals surface area contributed by atoms with Crippen LogP contribution in [0.3, 0.4) is 0 Å². The Bertz CT molecular complexity index is 151. The molecule has 0 saturated carbocycles. The lowest BCUT2D eigenvalue weighted by Crippen LogP contribution is -2.32. The van der Waals surface area contributed by atoms with Crippen molar-refractivity contribution in [3.8, 4) is 0 Å². The summed E-state index contributed by atoms with van der Waals surface area (Å²) in [4.78, 5) is 10.5. The van der Waals surface area contributed by atoms with Crippen LogP contribution < -0.4 is 0 Å². The van der Waals surface area contributed by atoms with Crippen molar-refractivity contribution >= 4 is 5.97 Å². The average molecular weight is 144 g/mol. The molecule has 0 aromatic carbocycles. The average Bonchev–Trinajstić information content (AvgIpc) is 2.08. The van der Waals surface area contributed by atoms with E-state index in [-0.39, 0.29) is 5.41 Å². The van der Waals surface area contributed by atoms with E-state index >= 15 is 0 Å². The van der Waals surface area contributed by atoms with Crippen molar-refractivity contribution in [2.24, 2.45) is 5.41 Å². The molecule has 0 unspecified atom stereocenters. The summed E-state index contributed by atoms with van der Waals surface area (Å²) in [6.45, 7) is 4.40. The zero-order valence-electron chi connectivity index (χ0n) is 6.26. The van der Waals surface area contributed by atoms with E-state index in [1.165, 1.54) is 0 Å². The van der Waals surface area contributed by atoms with E-state index in [0.717, 1.165) is 6.42 Å². The number of carbonyl (C=O) groups is 1. The highest BCUT2D eigenvalue weighted by Gasteiger charge is 2.40. The zero-order chi connectivity index (χ0) is 7.78. The Labute approximate surface area is 60.0 Å². The van der Waals surface area contributed by atoms with Gasteiger partial charge in [0.15, 0.2) is 6.10 Å². The molecule has 0 aliphatic carbocycles. The molecule has 1 fully saturated rings. The fraction of sp³-hybridized carbons (Fsp3) is 0.857. The van der Waals surface area contributed by atoms with Crippen molar-refractivity contribution in [3.63, 3.8) is 0 Å². The van der Waals surface area contributed by atoms with Crippen molar-refractivity contribution < 1.29 is 14.6 Å². The van der Waals surface area contributed by atoms with Crippen LogP contribution in [-0.2, 0) is 9.53 Å². The first-order valence-corrected chi connectivity index (χ1v) is 3.38. The van der Waals surface area contributed by atoms with E-state index in [0.29, 0.717) is 6.61 Å². The summed E-state index contributed by atoms with van der Waals surface area (Å²) in [7, 11) is 0. The first-order chi connectivity index (χ1) is 4.54. The monoisotopic (exact) mass is 144 g/mol. The zero-order valence-corrected chi connectivity index (χ0v) is 6.26. The van der Waals surface area contributed by atoms with Crippen LogP contribution in [0.1, 0.15) is 20.3 Å². The van der Waals surface area contributed by atoms with E-state index < -0.39 is 12.1 Å². The number of ether oxygens (including phenoxy) is 1. The molecular weight excluding hydrogens is 132 g/mol. The van der Waals surface area contributed by atoms with Crippen LogP contribution in [0, 0.1) is 5.41 Å². The summed E-state index contributed by atoms with van der Waals surface area (Å²) in [6, 6.07) is 0. The van der Waals surface area contributed by atoms with Gasteiger partial charge in [-0.1, -0.05) is 13.8 Å². The third-order valence-electron chi connectivity index (χ3n) is 1.96. The van der Waals surface area contributed by atoms with Crippen molar-refractivity contribution in [2.75, 3.05) is 6.61 Å². The molecule has 0 aromatic rings.